The summed E-state index contributed by atoms with van der Waals surface area (Å²) in [6, 6.07) is 4.21. The summed E-state index contributed by atoms with van der Waals surface area (Å²) < 4.78 is 18.1. The zero-order valence-corrected chi connectivity index (χ0v) is 8.72. The van der Waals surface area contributed by atoms with E-state index in [4.69, 9.17) is 33.0 Å². The van der Waals surface area contributed by atoms with Crippen molar-refractivity contribution in [2.75, 3.05) is 12.5 Å². The summed E-state index contributed by atoms with van der Waals surface area (Å²) in [7, 11) is 0. The largest absolute Gasteiger partial charge is 0.486 e. The van der Waals surface area contributed by atoms with Gasteiger partial charge in [-0.15, -0.1) is 11.6 Å². The van der Waals surface area contributed by atoms with Gasteiger partial charge < -0.3 is 9.84 Å². The van der Waals surface area contributed by atoms with Crippen molar-refractivity contribution in [2.24, 2.45) is 0 Å². The first-order valence-corrected chi connectivity index (χ1v) is 4.87. The molecule has 0 aliphatic rings. The van der Waals surface area contributed by atoms with Crippen molar-refractivity contribution in [1.82, 2.24) is 0 Å². The van der Waals surface area contributed by atoms with Crippen LogP contribution in [0.1, 0.15) is 0 Å². The lowest BCUT2D eigenvalue weighted by atomic mass is 10.3. The number of rotatable bonds is 4. The van der Waals surface area contributed by atoms with E-state index < -0.39 is 11.9 Å². The van der Waals surface area contributed by atoms with E-state index in [0.29, 0.717) is 0 Å². The molecule has 0 heterocycles. The first-order valence-electron chi connectivity index (χ1n) is 3.96. The Morgan fingerprint density at radius 2 is 2.21 bits per heavy atom. The number of aliphatic hydroxyl groups excluding tert-OH is 1. The number of halogens is 3. The summed E-state index contributed by atoms with van der Waals surface area (Å²) in [4.78, 5) is 0. The van der Waals surface area contributed by atoms with E-state index in [1.165, 1.54) is 18.2 Å². The molecule has 14 heavy (non-hydrogen) atoms. The van der Waals surface area contributed by atoms with E-state index in [1.54, 1.807) is 0 Å². The molecule has 1 N–H and O–H groups in total. The molecule has 0 saturated carbocycles. The lowest BCUT2D eigenvalue weighted by molar-refractivity contribution is 0.123. The monoisotopic (exact) mass is 238 g/mol. The molecule has 0 amide bonds. The fourth-order valence-electron chi connectivity index (χ4n) is 0.844. The number of para-hydroxylation sites is 1. The Bertz CT molecular complexity index is 287. The average Bonchev–Trinajstić information content (AvgIpc) is 2.16. The van der Waals surface area contributed by atoms with Gasteiger partial charge in [-0.05, 0) is 12.1 Å². The van der Waals surface area contributed by atoms with Crippen molar-refractivity contribution in [3.05, 3.63) is 29.0 Å². The van der Waals surface area contributed by atoms with Crippen LogP contribution in [0.25, 0.3) is 0 Å². The third-order valence-corrected chi connectivity index (χ3v) is 2.17. The van der Waals surface area contributed by atoms with Crippen LogP contribution in [-0.2, 0) is 0 Å². The molecule has 1 unspecified atom stereocenters. The van der Waals surface area contributed by atoms with E-state index in [1.807, 2.05) is 0 Å². The van der Waals surface area contributed by atoms with Gasteiger partial charge in [0.15, 0.2) is 11.6 Å². The Labute approximate surface area is 91.2 Å². The number of hydrogen-bond donors (Lipinski definition) is 1. The molecule has 0 aliphatic heterocycles. The van der Waals surface area contributed by atoms with Gasteiger partial charge in [-0.1, -0.05) is 17.7 Å². The second-order valence-electron chi connectivity index (χ2n) is 2.67. The third-order valence-electron chi connectivity index (χ3n) is 1.52. The van der Waals surface area contributed by atoms with Crippen molar-refractivity contribution in [3.63, 3.8) is 0 Å². The second kappa shape index (κ2) is 5.39. The molecule has 0 aromatic heterocycles. The number of hydrogen-bond acceptors (Lipinski definition) is 2. The minimum Gasteiger partial charge on any atom is -0.486 e. The number of benzene rings is 1. The van der Waals surface area contributed by atoms with Crippen LogP contribution >= 0.6 is 23.2 Å². The third kappa shape index (κ3) is 3.01. The summed E-state index contributed by atoms with van der Waals surface area (Å²) in [6.07, 6.45) is -0.827. The van der Waals surface area contributed by atoms with Crippen molar-refractivity contribution >= 4 is 23.2 Å². The maximum absolute atomic E-state index is 13.1. The predicted octanol–water partition coefficient (Wildman–Crippen LogP) is 2.46. The first kappa shape index (κ1) is 11.6. The summed E-state index contributed by atoms with van der Waals surface area (Å²) in [5, 5.41) is 9.25. The first-order chi connectivity index (χ1) is 6.65. The minimum atomic E-state index is -0.827. The highest BCUT2D eigenvalue weighted by molar-refractivity contribution is 6.32. The molecule has 1 aromatic rings. The van der Waals surface area contributed by atoms with Crippen LogP contribution < -0.4 is 4.74 Å². The number of alkyl halides is 1. The molecule has 1 rings (SSSR count). The van der Waals surface area contributed by atoms with Gasteiger partial charge in [-0.2, -0.15) is 0 Å². The summed E-state index contributed by atoms with van der Waals surface area (Å²) >= 11 is 11.0. The maximum atomic E-state index is 13.1. The molecule has 0 bridgehead atoms. The zero-order valence-electron chi connectivity index (χ0n) is 7.21. The number of aliphatic hydroxyl groups is 1. The van der Waals surface area contributed by atoms with Crippen molar-refractivity contribution in [1.29, 1.82) is 0 Å². The highest BCUT2D eigenvalue weighted by Gasteiger charge is 2.10. The highest BCUT2D eigenvalue weighted by Crippen LogP contribution is 2.27. The average molecular weight is 239 g/mol. The van der Waals surface area contributed by atoms with Crippen molar-refractivity contribution < 1.29 is 14.2 Å². The Morgan fingerprint density at radius 1 is 1.50 bits per heavy atom. The van der Waals surface area contributed by atoms with E-state index in [9.17, 15) is 4.39 Å². The Hall–Kier alpha value is -0.510. The molecule has 0 saturated heterocycles. The molecule has 1 aromatic carbocycles. The van der Waals surface area contributed by atoms with Gasteiger partial charge in [0.2, 0.25) is 0 Å². The second-order valence-corrected chi connectivity index (χ2v) is 3.39. The van der Waals surface area contributed by atoms with E-state index in [-0.39, 0.29) is 23.3 Å². The molecule has 0 aliphatic carbocycles. The Balaban J connectivity index is 2.66. The standard InChI is InChI=1S/C9H9Cl2FO2/c10-4-6(13)5-14-9-7(11)2-1-3-8(9)12/h1-3,6,13H,4-5H2. The zero-order chi connectivity index (χ0) is 10.6. The molecule has 0 radical (unpaired) electrons. The van der Waals surface area contributed by atoms with E-state index in [2.05, 4.69) is 0 Å². The van der Waals surface area contributed by atoms with Gasteiger partial charge in [0.1, 0.15) is 12.7 Å². The predicted molar refractivity (Wildman–Crippen MR) is 53.6 cm³/mol. The summed E-state index contributed by atoms with van der Waals surface area (Å²) in [5.41, 5.74) is 0. The quantitative estimate of drug-likeness (QED) is 0.817. The fraction of sp³-hybridized carbons (Fsp3) is 0.333. The van der Waals surface area contributed by atoms with E-state index in [0.717, 1.165) is 0 Å². The topological polar surface area (TPSA) is 29.5 Å². The SMILES string of the molecule is OC(CCl)COc1c(F)cccc1Cl. The fourth-order valence-corrected chi connectivity index (χ4v) is 1.15. The smallest absolute Gasteiger partial charge is 0.173 e. The van der Waals surface area contributed by atoms with Gasteiger partial charge in [0.25, 0.3) is 0 Å². The summed E-state index contributed by atoms with van der Waals surface area (Å²) in [6.45, 7) is -0.0792. The van der Waals surface area contributed by atoms with Crippen LogP contribution in [0.3, 0.4) is 0 Å². The van der Waals surface area contributed by atoms with Gasteiger partial charge in [0.05, 0.1) is 10.9 Å². The lowest BCUT2D eigenvalue weighted by Crippen LogP contribution is -2.19. The molecule has 0 fully saturated rings. The Morgan fingerprint density at radius 3 is 2.79 bits per heavy atom. The van der Waals surface area contributed by atoms with Crippen molar-refractivity contribution in [2.45, 2.75) is 6.10 Å². The molecule has 0 spiro atoms. The van der Waals surface area contributed by atoms with Crippen molar-refractivity contribution in [3.8, 4) is 5.75 Å². The number of ether oxygens (including phenoxy) is 1. The molecular weight excluding hydrogens is 230 g/mol. The highest BCUT2D eigenvalue weighted by atomic mass is 35.5. The van der Waals surface area contributed by atoms with E-state index >= 15 is 0 Å². The van der Waals surface area contributed by atoms with Gasteiger partial charge in [0, 0.05) is 0 Å². The van der Waals surface area contributed by atoms with Crippen LogP contribution in [-0.4, -0.2) is 23.7 Å². The molecule has 2 nitrogen and oxygen atoms in total. The van der Waals surface area contributed by atoms with Gasteiger partial charge >= 0.3 is 0 Å². The van der Waals surface area contributed by atoms with Gasteiger partial charge in [-0.3, -0.25) is 0 Å². The van der Waals surface area contributed by atoms with Crippen LogP contribution in [0.5, 0.6) is 5.75 Å². The molecule has 1 atom stereocenters. The molecule has 5 heteroatoms. The van der Waals surface area contributed by atoms with Crippen LogP contribution in [0.2, 0.25) is 5.02 Å². The normalized spacial score (nSPS) is 12.6. The maximum Gasteiger partial charge on any atom is 0.173 e. The molecular formula is C9H9Cl2FO2. The van der Waals surface area contributed by atoms with Crippen LogP contribution in [0.4, 0.5) is 4.39 Å². The molecule has 78 valence electrons. The van der Waals surface area contributed by atoms with Crippen LogP contribution in [0.15, 0.2) is 18.2 Å². The minimum absolute atomic E-state index is 0.0338. The van der Waals surface area contributed by atoms with Crippen LogP contribution in [0, 0.1) is 5.82 Å². The Kier molecular flexibility index (Phi) is 4.45. The summed E-state index contributed by atoms with van der Waals surface area (Å²) in [5.74, 6) is -0.580. The van der Waals surface area contributed by atoms with Gasteiger partial charge in [-0.25, -0.2) is 4.39 Å². The lowest BCUT2D eigenvalue weighted by Gasteiger charge is -2.11.